The van der Waals surface area contributed by atoms with Gasteiger partial charge in [0.05, 0.1) is 17.9 Å². The Morgan fingerprint density at radius 2 is 1.68 bits per heavy atom. The second-order valence-corrected chi connectivity index (χ2v) is 4.19. The largest absolute Gasteiger partial charge is 0.416 e. The number of pyridine rings is 1. The summed E-state index contributed by atoms with van der Waals surface area (Å²) in [5, 5.41) is 9.23. The van der Waals surface area contributed by atoms with Gasteiger partial charge < -0.3 is 5.11 Å². The molecule has 0 aliphatic carbocycles. The van der Waals surface area contributed by atoms with Crippen LogP contribution in [0.15, 0.2) is 36.4 Å². The van der Waals surface area contributed by atoms with Gasteiger partial charge in [0, 0.05) is 16.8 Å². The van der Waals surface area contributed by atoms with Gasteiger partial charge >= 0.3 is 6.18 Å². The Hall–Kier alpha value is -1.88. The Morgan fingerprint density at radius 1 is 1.05 bits per heavy atom. The van der Waals surface area contributed by atoms with E-state index in [2.05, 4.69) is 4.98 Å². The molecule has 0 amide bonds. The van der Waals surface area contributed by atoms with E-state index in [1.54, 1.807) is 19.1 Å². The van der Waals surface area contributed by atoms with Gasteiger partial charge in [-0.15, -0.1) is 0 Å². The summed E-state index contributed by atoms with van der Waals surface area (Å²) in [6.45, 7) is 1.58. The predicted octanol–water partition coefficient (Wildman–Crippen LogP) is 3.57. The summed E-state index contributed by atoms with van der Waals surface area (Å²) in [4.78, 5) is 4.26. The van der Waals surface area contributed by atoms with E-state index in [1.807, 2.05) is 0 Å². The Kier molecular flexibility index (Phi) is 3.57. The lowest BCUT2D eigenvalue weighted by atomic mass is 10.0. The zero-order valence-corrected chi connectivity index (χ0v) is 10.2. The normalized spacial score (nSPS) is 11.6. The van der Waals surface area contributed by atoms with Gasteiger partial charge in [-0.05, 0) is 25.1 Å². The maximum Gasteiger partial charge on any atom is 0.416 e. The minimum Gasteiger partial charge on any atom is -0.392 e. The van der Waals surface area contributed by atoms with Gasteiger partial charge in [0.15, 0.2) is 0 Å². The second-order valence-electron chi connectivity index (χ2n) is 4.19. The molecule has 1 aromatic heterocycles. The van der Waals surface area contributed by atoms with E-state index in [-0.39, 0.29) is 6.61 Å². The molecule has 1 heterocycles. The molecule has 2 nitrogen and oxygen atoms in total. The lowest BCUT2D eigenvalue weighted by Gasteiger charge is -2.10. The number of aryl methyl sites for hydroxylation is 1. The van der Waals surface area contributed by atoms with E-state index in [1.165, 1.54) is 12.1 Å². The SMILES string of the molecule is Cc1ccc(CO)c(-c2ccc(C(F)(F)F)cc2)n1. The minimum absolute atomic E-state index is 0.205. The van der Waals surface area contributed by atoms with Crippen LogP contribution in [-0.4, -0.2) is 10.1 Å². The van der Waals surface area contributed by atoms with Crippen molar-refractivity contribution in [2.75, 3.05) is 0 Å². The molecule has 0 unspecified atom stereocenters. The maximum atomic E-state index is 12.5. The highest BCUT2D eigenvalue weighted by atomic mass is 19.4. The summed E-state index contributed by atoms with van der Waals surface area (Å²) in [7, 11) is 0. The van der Waals surface area contributed by atoms with Gasteiger partial charge in [0.25, 0.3) is 0 Å². The average Bonchev–Trinajstić information content (AvgIpc) is 2.38. The maximum absolute atomic E-state index is 12.5. The van der Waals surface area contributed by atoms with Crippen molar-refractivity contribution < 1.29 is 18.3 Å². The number of hydrogen-bond donors (Lipinski definition) is 1. The number of benzene rings is 1. The van der Waals surface area contributed by atoms with Crippen LogP contribution in [0, 0.1) is 6.92 Å². The van der Waals surface area contributed by atoms with Crippen LogP contribution in [0.25, 0.3) is 11.3 Å². The van der Waals surface area contributed by atoms with Crippen molar-refractivity contribution in [1.82, 2.24) is 4.98 Å². The van der Waals surface area contributed by atoms with Gasteiger partial charge in [-0.1, -0.05) is 18.2 Å². The first kappa shape index (κ1) is 13.5. The third kappa shape index (κ3) is 2.93. The standard InChI is InChI=1S/C14H12F3NO/c1-9-2-3-11(8-19)13(18-9)10-4-6-12(7-5-10)14(15,16)17/h2-7,19H,8H2,1H3. The molecule has 0 radical (unpaired) electrons. The molecule has 0 aliphatic rings. The van der Waals surface area contributed by atoms with Crippen LogP contribution in [-0.2, 0) is 12.8 Å². The number of nitrogens with zero attached hydrogens (tertiary/aromatic N) is 1. The Balaban J connectivity index is 2.45. The van der Waals surface area contributed by atoms with Crippen LogP contribution in [0.3, 0.4) is 0 Å². The fourth-order valence-electron chi connectivity index (χ4n) is 1.78. The van der Waals surface area contributed by atoms with E-state index in [0.29, 0.717) is 16.8 Å². The molecule has 0 bridgehead atoms. The smallest absolute Gasteiger partial charge is 0.392 e. The third-order valence-electron chi connectivity index (χ3n) is 2.77. The first-order chi connectivity index (χ1) is 8.91. The molecule has 1 N–H and O–H groups in total. The summed E-state index contributed by atoms with van der Waals surface area (Å²) < 4.78 is 37.4. The minimum atomic E-state index is -4.35. The molecule has 5 heteroatoms. The van der Waals surface area contributed by atoms with Crippen LogP contribution in [0.4, 0.5) is 13.2 Å². The average molecular weight is 267 g/mol. The molecule has 2 aromatic rings. The Labute approximate surface area is 108 Å². The van der Waals surface area contributed by atoms with Crippen LogP contribution in [0.1, 0.15) is 16.8 Å². The van der Waals surface area contributed by atoms with Gasteiger partial charge in [-0.25, -0.2) is 0 Å². The van der Waals surface area contributed by atoms with Crippen molar-refractivity contribution >= 4 is 0 Å². The summed E-state index contributed by atoms with van der Waals surface area (Å²) >= 11 is 0. The first-order valence-corrected chi connectivity index (χ1v) is 5.67. The summed E-state index contributed by atoms with van der Waals surface area (Å²) in [6, 6.07) is 8.23. The number of aliphatic hydroxyl groups excluding tert-OH is 1. The first-order valence-electron chi connectivity index (χ1n) is 5.67. The fourth-order valence-corrected chi connectivity index (χ4v) is 1.78. The molecular formula is C14H12F3NO. The number of alkyl halides is 3. The molecule has 0 saturated heterocycles. The summed E-state index contributed by atoms with van der Waals surface area (Å²) in [5.74, 6) is 0. The molecular weight excluding hydrogens is 255 g/mol. The Morgan fingerprint density at radius 3 is 2.21 bits per heavy atom. The number of hydrogen-bond acceptors (Lipinski definition) is 2. The second kappa shape index (κ2) is 5.01. The van der Waals surface area contributed by atoms with E-state index in [4.69, 9.17) is 0 Å². The van der Waals surface area contributed by atoms with Crippen molar-refractivity contribution in [2.24, 2.45) is 0 Å². The van der Waals surface area contributed by atoms with Crippen molar-refractivity contribution in [3.63, 3.8) is 0 Å². The highest BCUT2D eigenvalue weighted by Crippen LogP contribution is 2.31. The van der Waals surface area contributed by atoms with Crippen LogP contribution >= 0.6 is 0 Å². The summed E-state index contributed by atoms with van der Waals surface area (Å²) in [5.41, 5.74) is 1.70. The molecule has 0 spiro atoms. The lowest BCUT2D eigenvalue weighted by Crippen LogP contribution is -2.04. The zero-order chi connectivity index (χ0) is 14.0. The monoisotopic (exact) mass is 267 g/mol. The molecule has 1 aromatic carbocycles. The van der Waals surface area contributed by atoms with Crippen LogP contribution in [0.2, 0.25) is 0 Å². The number of aromatic nitrogens is 1. The third-order valence-corrected chi connectivity index (χ3v) is 2.77. The van der Waals surface area contributed by atoms with Crippen LogP contribution < -0.4 is 0 Å². The molecule has 0 fully saturated rings. The molecule has 100 valence electrons. The molecule has 0 saturated carbocycles. The molecule has 0 atom stereocenters. The van der Waals surface area contributed by atoms with Crippen molar-refractivity contribution in [2.45, 2.75) is 19.7 Å². The van der Waals surface area contributed by atoms with E-state index in [0.717, 1.165) is 17.8 Å². The molecule has 0 aliphatic heterocycles. The quantitative estimate of drug-likeness (QED) is 0.902. The van der Waals surface area contributed by atoms with Crippen molar-refractivity contribution in [3.8, 4) is 11.3 Å². The van der Waals surface area contributed by atoms with E-state index < -0.39 is 11.7 Å². The molecule has 2 rings (SSSR count). The van der Waals surface area contributed by atoms with Crippen molar-refractivity contribution in [1.29, 1.82) is 0 Å². The predicted molar refractivity (Wildman–Crippen MR) is 65.3 cm³/mol. The highest BCUT2D eigenvalue weighted by Gasteiger charge is 2.30. The highest BCUT2D eigenvalue weighted by molar-refractivity contribution is 5.63. The number of rotatable bonds is 2. The van der Waals surface area contributed by atoms with E-state index in [9.17, 15) is 18.3 Å². The van der Waals surface area contributed by atoms with Gasteiger partial charge in [0.1, 0.15) is 0 Å². The number of halogens is 3. The van der Waals surface area contributed by atoms with E-state index >= 15 is 0 Å². The van der Waals surface area contributed by atoms with Gasteiger partial charge in [0.2, 0.25) is 0 Å². The van der Waals surface area contributed by atoms with Gasteiger partial charge in [-0.2, -0.15) is 13.2 Å². The lowest BCUT2D eigenvalue weighted by molar-refractivity contribution is -0.137. The Bertz CT molecular complexity index is 576. The number of aliphatic hydroxyl groups is 1. The van der Waals surface area contributed by atoms with Crippen LogP contribution in [0.5, 0.6) is 0 Å². The fraction of sp³-hybridized carbons (Fsp3) is 0.214. The van der Waals surface area contributed by atoms with Gasteiger partial charge in [-0.3, -0.25) is 4.98 Å². The topological polar surface area (TPSA) is 33.1 Å². The zero-order valence-electron chi connectivity index (χ0n) is 10.2. The molecule has 19 heavy (non-hydrogen) atoms. The van der Waals surface area contributed by atoms with Crippen molar-refractivity contribution in [3.05, 3.63) is 53.2 Å². The summed E-state index contributed by atoms with van der Waals surface area (Å²) in [6.07, 6.45) is -4.35.